The third kappa shape index (κ3) is 4.92. The van der Waals surface area contributed by atoms with Crippen molar-refractivity contribution in [2.24, 2.45) is 4.99 Å². The number of hydrogen-bond donors (Lipinski definition) is 2. The van der Waals surface area contributed by atoms with Crippen molar-refractivity contribution in [3.05, 3.63) is 30.2 Å². The number of aliphatic imine (C=N–C) groups is 1. The Morgan fingerprint density at radius 2 is 1.97 bits per heavy atom. The topological polar surface area (TPSA) is 79.1 Å². The van der Waals surface area contributed by atoms with Crippen LogP contribution in [0.1, 0.15) is 44.3 Å². The molecule has 0 unspecified atom stereocenters. The first-order valence-electron chi connectivity index (χ1n) is 11.4. The van der Waals surface area contributed by atoms with Crippen molar-refractivity contribution >= 4 is 11.6 Å². The van der Waals surface area contributed by atoms with E-state index in [1.807, 2.05) is 31.4 Å². The standard InChI is InChI=1S/C22H35N7O/c1-23-21(24-12-7-9-20-27-26-19-8-3-6-13-29(19)20)25-18-22(10-4-2-5-11-22)28-14-16-30-17-15-28/h3,6,8,13H,2,4-5,7,9-12,14-18H2,1H3,(H2,23,24,25). The highest BCUT2D eigenvalue weighted by Crippen LogP contribution is 2.33. The predicted molar refractivity (Wildman–Crippen MR) is 119 cm³/mol. The lowest BCUT2D eigenvalue weighted by molar-refractivity contribution is -0.0352. The van der Waals surface area contributed by atoms with Gasteiger partial charge in [-0.1, -0.05) is 25.3 Å². The lowest BCUT2D eigenvalue weighted by Gasteiger charge is -2.48. The van der Waals surface area contributed by atoms with Gasteiger partial charge in [0, 0.05) is 51.4 Å². The lowest BCUT2D eigenvalue weighted by Crippen LogP contribution is -2.60. The largest absolute Gasteiger partial charge is 0.379 e. The number of ether oxygens (including phenoxy) is 1. The third-order valence-electron chi connectivity index (χ3n) is 6.53. The number of nitrogens with one attached hydrogen (secondary N) is 2. The van der Waals surface area contributed by atoms with Crippen molar-refractivity contribution in [2.75, 3.05) is 46.4 Å². The molecule has 0 atom stereocenters. The Morgan fingerprint density at radius 1 is 1.13 bits per heavy atom. The molecule has 0 amide bonds. The average Bonchev–Trinajstić information content (AvgIpc) is 3.23. The van der Waals surface area contributed by atoms with Gasteiger partial charge < -0.3 is 15.4 Å². The van der Waals surface area contributed by atoms with Gasteiger partial charge in [0.15, 0.2) is 11.6 Å². The molecule has 2 N–H and O–H groups in total. The number of aryl methyl sites for hydroxylation is 1. The van der Waals surface area contributed by atoms with Crippen LogP contribution in [0, 0.1) is 0 Å². The van der Waals surface area contributed by atoms with Crippen molar-refractivity contribution in [1.29, 1.82) is 0 Å². The Morgan fingerprint density at radius 3 is 2.77 bits per heavy atom. The molecule has 1 saturated carbocycles. The van der Waals surface area contributed by atoms with E-state index in [2.05, 4.69) is 35.1 Å². The van der Waals surface area contributed by atoms with Gasteiger partial charge in [0.2, 0.25) is 0 Å². The van der Waals surface area contributed by atoms with E-state index in [0.717, 1.165) is 69.7 Å². The van der Waals surface area contributed by atoms with Crippen LogP contribution in [0.5, 0.6) is 0 Å². The van der Waals surface area contributed by atoms with E-state index in [1.54, 1.807) is 0 Å². The van der Waals surface area contributed by atoms with Gasteiger partial charge in [0.05, 0.1) is 13.2 Å². The fourth-order valence-corrected chi connectivity index (χ4v) is 4.84. The van der Waals surface area contributed by atoms with Crippen molar-refractivity contribution < 1.29 is 4.74 Å². The highest BCUT2D eigenvalue weighted by molar-refractivity contribution is 5.79. The molecule has 0 aromatic carbocycles. The zero-order valence-electron chi connectivity index (χ0n) is 18.1. The van der Waals surface area contributed by atoms with E-state index in [9.17, 15) is 0 Å². The molecule has 30 heavy (non-hydrogen) atoms. The van der Waals surface area contributed by atoms with E-state index in [-0.39, 0.29) is 5.54 Å². The Kier molecular flexibility index (Phi) is 7.17. The zero-order valence-corrected chi connectivity index (χ0v) is 18.1. The Hall–Kier alpha value is -2.19. The number of hydrogen-bond acceptors (Lipinski definition) is 5. The van der Waals surface area contributed by atoms with Gasteiger partial charge in [-0.3, -0.25) is 14.3 Å². The van der Waals surface area contributed by atoms with E-state index in [1.165, 1.54) is 32.1 Å². The quantitative estimate of drug-likeness (QED) is 0.410. The molecule has 2 aromatic rings. The monoisotopic (exact) mass is 413 g/mol. The van der Waals surface area contributed by atoms with Gasteiger partial charge in [0.1, 0.15) is 5.82 Å². The number of aromatic nitrogens is 3. The van der Waals surface area contributed by atoms with Gasteiger partial charge in [-0.05, 0) is 31.4 Å². The first-order chi connectivity index (χ1) is 14.8. The summed E-state index contributed by atoms with van der Waals surface area (Å²) in [6.07, 6.45) is 10.4. The van der Waals surface area contributed by atoms with Crippen molar-refractivity contribution in [3.8, 4) is 0 Å². The lowest BCUT2D eigenvalue weighted by atomic mass is 9.80. The molecular weight excluding hydrogens is 378 g/mol. The Bertz CT molecular complexity index is 822. The number of fused-ring (bicyclic) bond motifs is 1. The number of pyridine rings is 1. The highest BCUT2D eigenvalue weighted by Gasteiger charge is 2.38. The minimum atomic E-state index is 0.236. The minimum absolute atomic E-state index is 0.236. The molecule has 2 aliphatic rings. The minimum Gasteiger partial charge on any atom is -0.379 e. The molecule has 1 saturated heterocycles. The average molecular weight is 414 g/mol. The maximum atomic E-state index is 5.60. The second-order valence-electron chi connectivity index (χ2n) is 8.39. The summed E-state index contributed by atoms with van der Waals surface area (Å²) in [6, 6.07) is 5.98. The van der Waals surface area contributed by atoms with Crippen LogP contribution < -0.4 is 10.6 Å². The number of nitrogens with zero attached hydrogens (tertiary/aromatic N) is 5. The van der Waals surface area contributed by atoms with E-state index < -0.39 is 0 Å². The summed E-state index contributed by atoms with van der Waals surface area (Å²) in [5, 5.41) is 15.6. The van der Waals surface area contributed by atoms with Crippen LogP contribution in [-0.4, -0.2) is 77.4 Å². The van der Waals surface area contributed by atoms with Gasteiger partial charge in [0.25, 0.3) is 0 Å². The summed E-state index contributed by atoms with van der Waals surface area (Å²) in [7, 11) is 1.85. The van der Waals surface area contributed by atoms with Crippen LogP contribution in [0.2, 0.25) is 0 Å². The van der Waals surface area contributed by atoms with Gasteiger partial charge in [-0.2, -0.15) is 0 Å². The summed E-state index contributed by atoms with van der Waals surface area (Å²) in [5.41, 5.74) is 1.14. The maximum Gasteiger partial charge on any atom is 0.191 e. The number of rotatable bonds is 7. The van der Waals surface area contributed by atoms with Crippen LogP contribution in [0.3, 0.4) is 0 Å². The summed E-state index contributed by atoms with van der Waals surface area (Å²) in [5.74, 6) is 1.89. The third-order valence-corrected chi connectivity index (χ3v) is 6.53. The molecule has 4 rings (SSSR count). The van der Waals surface area contributed by atoms with E-state index in [4.69, 9.17) is 4.74 Å². The second kappa shape index (κ2) is 10.2. The molecule has 1 aliphatic carbocycles. The summed E-state index contributed by atoms with van der Waals surface area (Å²) in [6.45, 7) is 5.59. The molecule has 164 valence electrons. The van der Waals surface area contributed by atoms with Crippen LogP contribution in [0.15, 0.2) is 29.4 Å². The molecule has 0 radical (unpaired) electrons. The number of guanidine groups is 1. The number of morpholine rings is 1. The molecular formula is C22H35N7O. The predicted octanol–water partition coefficient (Wildman–Crippen LogP) is 1.86. The summed E-state index contributed by atoms with van der Waals surface area (Å²) >= 11 is 0. The fourth-order valence-electron chi connectivity index (χ4n) is 4.84. The highest BCUT2D eigenvalue weighted by atomic mass is 16.5. The molecule has 8 nitrogen and oxygen atoms in total. The van der Waals surface area contributed by atoms with Crippen LogP contribution in [-0.2, 0) is 11.2 Å². The zero-order chi connectivity index (χ0) is 20.7. The summed E-state index contributed by atoms with van der Waals surface area (Å²) < 4.78 is 7.65. The smallest absolute Gasteiger partial charge is 0.191 e. The molecule has 0 bridgehead atoms. The van der Waals surface area contributed by atoms with Crippen LogP contribution >= 0.6 is 0 Å². The maximum absolute atomic E-state index is 5.60. The van der Waals surface area contributed by atoms with Crippen molar-refractivity contribution in [3.63, 3.8) is 0 Å². The molecule has 3 heterocycles. The van der Waals surface area contributed by atoms with E-state index >= 15 is 0 Å². The Balaban J connectivity index is 1.26. The van der Waals surface area contributed by atoms with Crippen LogP contribution in [0.4, 0.5) is 0 Å². The fraction of sp³-hybridized carbons (Fsp3) is 0.682. The first-order valence-corrected chi connectivity index (χ1v) is 11.4. The second-order valence-corrected chi connectivity index (χ2v) is 8.39. The van der Waals surface area contributed by atoms with Gasteiger partial charge in [-0.25, -0.2) is 0 Å². The molecule has 1 aliphatic heterocycles. The molecule has 2 fully saturated rings. The normalized spacial score (nSPS) is 20.4. The van der Waals surface area contributed by atoms with Gasteiger partial charge >= 0.3 is 0 Å². The van der Waals surface area contributed by atoms with Crippen LogP contribution in [0.25, 0.3) is 5.65 Å². The molecule has 0 spiro atoms. The van der Waals surface area contributed by atoms with E-state index in [0.29, 0.717) is 0 Å². The Labute approximate surface area is 179 Å². The van der Waals surface area contributed by atoms with Gasteiger partial charge in [-0.15, -0.1) is 10.2 Å². The summed E-state index contributed by atoms with van der Waals surface area (Å²) in [4.78, 5) is 7.11. The SMILES string of the molecule is CN=C(NCCCc1nnc2ccccn12)NCC1(N2CCOCC2)CCCCC1. The van der Waals surface area contributed by atoms with Crippen molar-refractivity contribution in [2.45, 2.75) is 50.5 Å². The first kappa shape index (κ1) is 21.1. The van der Waals surface area contributed by atoms with Crippen molar-refractivity contribution in [1.82, 2.24) is 30.1 Å². The molecule has 2 aromatic heterocycles. The molecule has 8 heteroatoms.